The molecule has 0 bridgehead atoms. The summed E-state index contributed by atoms with van der Waals surface area (Å²) in [6.45, 7) is 0.541. The van der Waals surface area contributed by atoms with Crippen LogP contribution >= 0.6 is 0 Å². The lowest BCUT2D eigenvalue weighted by molar-refractivity contribution is -0.127. The molecule has 1 aliphatic carbocycles. The highest BCUT2D eigenvalue weighted by atomic mass is 16.2. The SMILES string of the molecule is N#CC1(C(=O)NCCc2ccccn2)CCCC1. The van der Waals surface area contributed by atoms with Crippen LogP contribution in [-0.4, -0.2) is 17.4 Å². The van der Waals surface area contributed by atoms with Crippen LogP contribution in [0.25, 0.3) is 0 Å². The number of aromatic nitrogens is 1. The van der Waals surface area contributed by atoms with Gasteiger partial charge in [-0.25, -0.2) is 0 Å². The van der Waals surface area contributed by atoms with Crippen molar-refractivity contribution in [3.63, 3.8) is 0 Å². The van der Waals surface area contributed by atoms with E-state index in [-0.39, 0.29) is 5.91 Å². The average molecular weight is 243 g/mol. The maximum atomic E-state index is 12.0. The van der Waals surface area contributed by atoms with Gasteiger partial charge in [0.1, 0.15) is 5.41 Å². The van der Waals surface area contributed by atoms with Crippen LogP contribution in [0.4, 0.5) is 0 Å². The lowest BCUT2D eigenvalue weighted by Gasteiger charge is -2.19. The molecule has 1 aliphatic rings. The van der Waals surface area contributed by atoms with Crippen molar-refractivity contribution < 1.29 is 4.79 Å². The number of hydrogen-bond donors (Lipinski definition) is 1. The fraction of sp³-hybridized carbons (Fsp3) is 0.500. The lowest BCUT2D eigenvalue weighted by atomic mass is 9.87. The van der Waals surface area contributed by atoms with E-state index < -0.39 is 5.41 Å². The van der Waals surface area contributed by atoms with Gasteiger partial charge in [-0.2, -0.15) is 5.26 Å². The van der Waals surface area contributed by atoms with Gasteiger partial charge in [0.05, 0.1) is 6.07 Å². The summed E-state index contributed by atoms with van der Waals surface area (Å²) in [4.78, 5) is 16.2. The van der Waals surface area contributed by atoms with E-state index in [1.54, 1.807) is 6.20 Å². The molecule has 1 amide bonds. The predicted molar refractivity (Wildman–Crippen MR) is 67.5 cm³/mol. The van der Waals surface area contributed by atoms with E-state index in [1.165, 1.54) is 0 Å². The fourth-order valence-corrected chi connectivity index (χ4v) is 2.39. The number of carbonyl (C=O) groups excluding carboxylic acids is 1. The van der Waals surface area contributed by atoms with Crippen molar-refractivity contribution in [3.05, 3.63) is 30.1 Å². The third-order valence-corrected chi connectivity index (χ3v) is 3.50. The summed E-state index contributed by atoms with van der Waals surface area (Å²) < 4.78 is 0. The van der Waals surface area contributed by atoms with E-state index in [0.29, 0.717) is 25.8 Å². The Balaban J connectivity index is 1.84. The topological polar surface area (TPSA) is 65.8 Å². The second-order valence-corrected chi connectivity index (χ2v) is 4.73. The van der Waals surface area contributed by atoms with Crippen molar-refractivity contribution in [1.29, 1.82) is 5.26 Å². The number of nitriles is 1. The molecular formula is C14H17N3O. The van der Waals surface area contributed by atoms with Gasteiger partial charge in [0, 0.05) is 24.9 Å². The molecule has 1 N–H and O–H groups in total. The lowest BCUT2D eigenvalue weighted by Crippen LogP contribution is -2.39. The minimum atomic E-state index is -0.774. The molecule has 0 radical (unpaired) electrons. The number of nitrogens with zero attached hydrogens (tertiary/aromatic N) is 2. The first kappa shape index (κ1) is 12.6. The number of carbonyl (C=O) groups is 1. The zero-order chi connectivity index (χ0) is 12.8. The Kier molecular flexibility index (Phi) is 3.93. The summed E-state index contributed by atoms with van der Waals surface area (Å²) in [6.07, 6.45) is 5.78. The van der Waals surface area contributed by atoms with Gasteiger partial charge < -0.3 is 5.32 Å². The van der Waals surface area contributed by atoms with Gasteiger partial charge in [0.2, 0.25) is 5.91 Å². The number of rotatable bonds is 4. The van der Waals surface area contributed by atoms with Gasteiger partial charge in [-0.3, -0.25) is 9.78 Å². The van der Waals surface area contributed by atoms with E-state index in [9.17, 15) is 10.1 Å². The van der Waals surface area contributed by atoms with Crippen LogP contribution in [0.2, 0.25) is 0 Å². The molecule has 1 aromatic rings. The summed E-state index contributed by atoms with van der Waals surface area (Å²) in [7, 11) is 0. The van der Waals surface area contributed by atoms with Crippen molar-refractivity contribution in [2.24, 2.45) is 5.41 Å². The molecular weight excluding hydrogens is 226 g/mol. The molecule has 0 unspecified atom stereocenters. The number of pyridine rings is 1. The van der Waals surface area contributed by atoms with E-state index in [2.05, 4.69) is 16.4 Å². The average Bonchev–Trinajstić information content (AvgIpc) is 2.90. The Labute approximate surface area is 107 Å². The van der Waals surface area contributed by atoms with Crippen LogP contribution in [0.15, 0.2) is 24.4 Å². The molecule has 18 heavy (non-hydrogen) atoms. The van der Waals surface area contributed by atoms with Crippen LogP contribution in [0, 0.1) is 16.7 Å². The number of amides is 1. The summed E-state index contributed by atoms with van der Waals surface area (Å²) in [5.41, 5.74) is 0.180. The van der Waals surface area contributed by atoms with Gasteiger partial charge in [0.25, 0.3) is 0 Å². The zero-order valence-electron chi connectivity index (χ0n) is 10.4. The fourth-order valence-electron chi connectivity index (χ4n) is 2.39. The van der Waals surface area contributed by atoms with Crippen LogP contribution in [0.3, 0.4) is 0 Å². The maximum absolute atomic E-state index is 12.0. The predicted octanol–water partition coefficient (Wildman–Crippen LogP) is 1.82. The molecule has 4 heteroatoms. The Bertz CT molecular complexity index is 444. The Morgan fingerprint density at radius 1 is 1.44 bits per heavy atom. The van der Waals surface area contributed by atoms with Crippen molar-refractivity contribution in [2.45, 2.75) is 32.1 Å². The van der Waals surface area contributed by atoms with Crippen LogP contribution in [0.5, 0.6) is 0 Å². The van der Waals surface area contributed by atoms with Crippen LogP contribution in [0.1, 0.15) is 31.4 Å². The molecule has 0 saturated heterocycles. The molecule has 2 rings (SSSR count). The highest BCUT2D eigenvalue weighted by Gasteiger charge is 2.41. The largest absolute Gasteiger partial charge is 0.354 e. The first-order valence-electron chi connectivity index (χ1n) is 6.36. The van der Waals surface area contributed by atoms with E-state index in [0.717, 1.165) is 18.5 Å². The maximum Gasteiger partial charge on any atom is 0.240 e. The van der Waals surface area contributed by atoms with Gasteiger partial charge in [-0.1, -0.05) is 18.9 Å². The van der Waals surface area contributed by atoms with Crippen molar-refractivity contribution in [2.75, 3.05) is 6.54 Å². The van der Waals surface area contributed by atoms with Gasteiger partial charge in [-0.15, -0.1) is 0 Å². The van der Waals surface area contributed by atoms with E-state index in [4.69, 9.17) is 0 Å². The molecule has 1 heterocycles. The highest BCUT2D eigenvalue weighted by molar-refractivity contribution is 5.85. The third-order valence-electron chi connectivity index (χ3n) is 3.50. The molecule has 1 aromatic heterocycles. The first-order valence-corrected chi connectivity index (χ1v) is 6.36. The summed E-state index contributed by atoms with van der Waals surface area (Å²) in [6, 6.07) is 7.93. The smallest absolute Gasteiger partial charge is 0.240 e. The number of hydrogen-bond acceptors (Lipinski definition) is 3. The van der Waals surface area contributed by atoms with E-state index >= 15 is 0 Å². The number of nitrogens with one attached hydrogen (secondary N) is 1. The first-order chi connectivity index (χ1) is 8.77. The Morgan fingerprint density at radius 3 is 2.83 bits per heavy atom. The second kappa shape index (κ2) is 5.63. The normalized spacial score (nSPS) is 17.1. The molecule has 1 fully saturated rings. The van der Waals surface area contributed by atoms with Crippen LogP contribution < -0.4 is 5.32 Å². The molecule has 94 valence electrons. The molecule has 4 nitrogen and oxygen atoms in total. The van der Waals surface area contributed by atoms with Gasteiger partial charge in [-0.05, 0) is 25.0 Å². The molecule has 0 aliphatic heterocycles. The minimum absolute atomic E-state index is 0.113. The highest BCUT2D eigenvalue weighted by Crippen LogP contribution is 2.37. The second-order valence-electron chi connectivity index (χ2n) is 4.73. The van der Waals surface area contributed by atoms with Crippen molar-refractivity contribution in [3.8, 4) is 6.07 Å². The Hall–Kier alpha value is -1.89. The van der Waals surface area contributed by atoms with Crippen molar-refractivity contribution >= 4 is 5.91 Å². The summed E-state index contributed by atoms with van der Waals surface area (Å²) >= 11 is 0. The van der Waals surface area contributed by atoms with Gasteiger partial charge in [0.15, 0.2) is 0 Å². The Morgan fingerprint density at radius 2 is 2.22 bits per heavy atom. The molecule has 0 spiro atoms. The quantitative estimate of drug-likeness (QED) is 0.877. The zero-order valence-corrected chi connectivity index (χ0v) is 10.4. The minimum Gasteiger partial charge on any atom is -0.354 e. The van der Waals surface area contributed by atoms with Crippen LogP contribution in [-0.2, 0) is 11.2 Å². The standard InChI is InChI=1S/C14H17N3O/c15-11-14(7-2-3-8-14)13(18)17-10-6-12-5-1-4-9-16-12/h1,4-5,9H,2-3,6-8,10H2,(H,17,18). The summed E-state index contributed by atoms with van der Waals surface area (Å²) in [5, 5.41) is 12.0. The van der Waals surface area contributed by atoms with E-state index in [1.807, 2.05) is 18.2 Å². The molecule has 0 aromatic carbocycles. The third kappa shape index (κ3) is 2.67. The molecule has 1 saturated carbocycles. The summed E-state index contributed by atoms with van der Waals surface area (Å²) in [5.74, 6) is -0.113. The monoisotopic (exact) mass is 243 g/mol. The molecule has 0 atom stereocenters. The van der Waals surface area contributed by atoms with Crippen molar-refractivity contribution in [1.82, 2.24) is 10.3 Å². The van der Waals surface area contributed by atoms with Gasteiger partial charge >= 0.3 is 0 Å².